The van der Waals surface area contributed by atoms with Crippen molar-refractivity contribution in [2.45, 2.75) is 62.1 Å². The first-order chi connectivity index (χ1) is 15.1. The molecule has 1 aromatic carbocycles. The number of ether oxygens (including phenoxy) is 1. The van der Waals surface area contributed by atoms with Crippen molar-refractivity contribution in [3.63, 3.8) is 0 Å². The topological polar surface area (TPSA) is 87.3 Å². The van der Waals surface area contributed by atoms with Crippen LogP contribution >= 0.6 is 23.1 Å². The summed E-state index contributed by atoms with van der Waals surface area (Å²) < 4.78 is 7.59. The lowest BCUT2D eigenvalue weighted by Crippen LogP contribution is -2.29. The molecule has 0 amide bonds. The molecule has 7 nitrogen and oxygen atoms in total. The molecule has 162 valence electrons. The Morgan fingerprint density at radius 2 is 2.16 bits per heavy atom. The molecule has 3 heterocycles. The van der Waals surface area contributed by atoms with Crippen molar-refractivity contribution in [1.29, 1.82) is 0 Å². The molecule has 31 heavy (non-hydrogen) atoms. The predicted molar refractivity (Wildman–Crippen MR) is 122 cm³/mol. The highest BCUT2D eigenvalue weighted by molar-refractivity contribution is 7.98. The number of nitro benzene ring substituents is 1. The Morgan fingerprint density at radius 3 is 2.97 bits per heavy atom. The fraction of sp³-hybridized carbons (Fsp3) is 0.455. The van der Waals surface area contributed by atoms with Gasteiger partial charge in [-0.05, 0) is 49.7 Å². The quantitative estimate of drug-likeness (QED) is 0.230. The van der Waals surface area contributed by atoms with Crippen LogP contribution in [0.1, 0.15) is 41.7 Å². The third kappa shape index (κ3) is 4.14. The Bertz CT molecular complexity index is 1200. The van der Waals surface area contributed by atoms with Crippen LogP contribution in [0, 0.1) is 10.1 Å². The van der Waals surface area contributed by atoms with Crippen LogP contribution in [0.5, 0.6) is 0 Å². The monoisotopic (exact) mass is 457 g/mol. The molecule has 1 unspecified atom stereocenters. The van der Waals surface area contributed by atoms with Gasteiger partial charge in [0, 0.05) is 29.4 Å². The number of nitro groups is 1. The minimum absolute atomic E-state index is 0.0291. The van der Waals surface area contributed by atoms with Gasteiger partial charge in [0.25, 0.3) is 11.2 Å². The maximum Gasteiger partial charge on any atom is 0.269 e. The summed E-state index contributed by atoms with van der Waals surface area (Å²) in [4.78, 5) is 31.3. The molecule has 0 bridgehead atoms. The van der Waals surface area contributed by atoms with E-state index >= 15 is 0 Å². The van der Waals surface area contributed by atoms with Crippen LogP contribution in [0.4, 0.5) is 5.69 Å². The van der Waals surface area contributed by atoms with Crippen molar-refractivity contribution >= 4 is 39.0 Å². The van der Waals surface area contributed by atoms with Crippen molar-refractivity contribution in [3.05, 3.63) is 60.7 Å². The van der Waals surface area contributed by atoms with Crippen LogP contribution < -0.4 is 5.56 Å². The molecule has 1 fully saturated rings. The molecule has 0 N–H and O–H groups in total. The van der Waals surface area contributed by atoms with Gasteiger partial charge in [-0.25, -0.2) is 4.98 Å². The highest BCUT2D eigenvalue weighted by Gasteiger charge is 2.25. The first-order valence-corrected chi connectivity index (χ1v) is 12.4. The van der Waals surface area contributed by atoms with E-state index in [1.165, 1.54) is 34.7 Å². The van der Waals surface area contributed by atoms with E-state index in [1.807, 2.05) is 6.07 Å². The number of nitrogens with zero attached hydrogens (tertiary/aromatic N) is 3. The Balaban J connectivity index is 1.53. The largest absolute Gasteiger partial charge is 0.376 e. The summed E-state index contributed by atoms with van der Waals surface area (Å²) in [6.45, 7) is 1.24. The van der Waals surface area contributed by atoms with Gasteiger partial charge in [-0.1, -0.05) is 23.9 Å². The third-order valence-corrected chi connectivity index (χ3v) is 8.17. The van der Waals surface area contributed by atoms with E-state index in [0.717, 1.165) is 54.5 Å². The average molecular weight is 458 g/mol. The smallest absolute Gasteiger partial charge is 0.269 e. The first-order valence-electron chi connectivity index (χ1n) is 10.6. The molecule has 2 aromatic heterocycles. The Hall–Kier alpha value is -2.23. The van der Waals surface area contributed by atoms with Gasteiger partial charge in [0.15, 0.2) is 5.16 Å². The molecular formula is C22H23N3O4S2. The van der Waals surface area contributed by atoms with Gasteiger partial charge < -0.3 is 4.74 Å². The standard InChI is InChI=1S/C22H23N3O4S2/c26-21-19-17-8-1-2-9-18(17)31-20(19)23-22(24(21)12-16-7-4-10-29-16)30-13-14-5-3-6-15(11-14)25(27)28/h3,5-6,11,16H,1-2,4,7-10,12-13H2. The number of hydrogen-bond acceptors (Lipinski definition) is 7. The number of thioether (sulfide) groups is 1. The Morgan fingerprint density at radius 1 is 1.29 bits per heavy atom. The van der Waals surface area contributed by atoms with Crippen molar-refractivity contribution in [2.75, 3.05) is 6.61 Å². The molecule has 1 atom stereocenters. The molecule has 2 aliphatic rings. The van der Waals surface area contributed by atoms with Crippen LogP contribution in [0.15, 0.2) is 34.2 Å². The zero-order chi connectivity index (χ0) is 21.4. The van der Waals surface area contributed by atoms with Gasteiger partial charge in [0.05, 0.1) is 23.0 Å². The highest BCUT2D eigenvalue weighted by Crippen LogP contribution is 2.35. The maximum absolute atomic E-state index is 13.6. The molecule has 3 aromatic rings. The lowest BCUT2D eigenvalue weighted by Gasteiger charge is -2.16. The van der Waals surface area contributed by atoms with Crippen molar-refractivity contribution in [2.24, 2.45) is 0 Å². The van der Waals surface area contributed by atoms with Gasteiger partial charge in [-0.15, -0.1) is 11.3 Å². The second-order valence-corrected chi connectivity index (χ2v) is 10.1. The number of fused-ring (bicyclic) bond motifs is 3. The summed E-state index contributed by atoms with van der Waals surface area (Å²) >= 11 is 3.11. The molecule has 1 aliphatic carbocycles. The van der Waals surface area contributed by atoms with Crippen LogP contribution in [0.3, 0.4) is 0 Å². The zero-order valence-electron chi connectivity index (χ0n) is 17.0. The molecule has 0 spiro atoms. The number of aromatic nitrogens is 2. The fourth-order valence-corrected chi connectivity index (χ4v) is 6.64. The minimum Gasteiger partial charge on any atom is -0.376 e. The van der Waals surface area contributed by atoms with E-state index in [9.17, 15) is 14.9 Å². The molecule has 0 saturated carbocycles. The van der Waals surface area contributed by atoms with Gasteiger partial charge in [0.1, 0.15) is 4.83 Å². The van der Waals surface area contributed by atoms with E-state index < -0.39 is 0 Å². The van der Waals surface area contributed by atoms with E-state index in [-0.39, 0.29) is 22.3 Å². The Kier molecular flexibility index (Phi) is 5.81. The molecular weight excluding hydrogens is 434 g/mol. The average Bonchev–Trinajstić information content (AvgIpc) is 3.42. The lowest BCUT2D eigenvalue weighted by molar-refractivity contribution is -0.384. The number of non-ortho nitro benzene ring substituents is 1. The summed E-state index contributed by atoms with van der Waals surface area (Å²) in [5, 5.41) is 12.5. The van der Waals surface area contributed by atoms with Gasteiger partial charge in [0.2, 0.25) is 0 Å². The van der Waals surface area contributed by atoms with Crippen molar-refractivity contribution < 1.29 is 9.66 Å². The van der Waals surface area contributed by atoms with Gasteiger partial charge >= 0.3 is 0 Å². The summed E-state index contributed by atoms with van der Waals surface area (Å²) in [6, 6.07) is 6.63. The number of thiophene rings is 1. The SMILES string of the molecule is O=c1c2c3c(sc2nc(SCc2cccc([N+](=O)[O-])c2)n1CC1CCCO1)CCCC3. The Labute approximate surface area is 187 Å². The third-order valence-electron chi connectivity index (χ3n) is 5.94. The molecule has 1 saturated heterocycles. The fourth-order valence-electron chi connectivity index (χ4n) is 4.39. The van der Waals surface area contributed by atoms with E-state index in [1.54, 1.807) is 28.0 Å². The van der Waals surface area contributed by atoms with Gasteiger partial charge in [-0.2, -0.15) is 0 Å². The number of hydrogen-bond donors (Lipinski definition) is 0. The summed E-state index contributed by atoms with van der Waals surface area (Å²) in [7, 11) is 0. The number of aryl methyl sites for hydroxylation is 2. The summed E-state index contributed by atoms with van der Waals surface area (Å²) in [5.41, 5.74) is 2.13. The second kappa shape index (κ2) is 8.72. The summed E-state index contributed by atoms with van der Waals surface area (Å²) in [5.74, 6) is 0.510. The predicted octanol–water partition coefficient (Wildman–Crippen LogP) is 4.72. The minimum atomic E-state index is -0.387. The summed E-state index contributed by atoms with van der Waals surface area (Å²) in [6.07, 6.45) is 6.25. The van der Waals surface area contributed by atoms with E-state index in [0.29, 0.717) is 17.5 Å². The van der Waals surface area contributed by atoms with Crippen molar-refractivity contribution in [1.82, 2.24) is 9.55 Å². The highest BCUT2D eigenvalue weighted by atomic mass is 32.2. The van der Waals surface area contributed by atoms with Crippen LogP contribution in [0.25, 0.3) is 10.2 Å². The first kappa shape index (κ1) is 20.7. The molecule has 0 radical (unpaired) electrons. The number of benzene rings is 1. The van der Waals surface area contributed by atoms with Crippen molar-refractivity contribution in [3.8, 4) is 0 Å². The maximum atomic E-state index is 13.6. The zero-order valence-corrected chi connectivity index (χ0v) is 18.7. The number of rotatable bonds is 6. The van der Waals surface area contributed by atoms with Crippen LogP contribution in [0.2, 0.25) is 0 Å². The second-order valence-electron chi connectivity index (χ2n) is 8.05. The lowest BCUT2D eigenvalue weighted by atomic mass is 9.97. The normalized spacial score (nSPS) is 18.4. The molecule has 5 rings (SSSR count). The van der Waals surface area contributed by atoms with E-state index in [2.05, 4.69) is 0 Å². The van der Waals surface area contributed by atoms with Crippen LogP contribution in [-0.4, -0.2) is 27.2 Å². The van der Waals surface area contributed by atoms with Crippen LogP contribution in [-0.2, 0) is 29.9 Å². The molecule has 9 heteroatoms. The molecule has 1 aliphatic heterocycles. The van der Waals surface area contributed by atoms with Gasteiger partial charge in [-0.3, -0.25) is 19.5 Å². The van der Waals surface area contributed by atoms with E-state index in [4.69, 9.17) is 9.72 Å².